The third-order valence-corrected chi connectivity index (χ3v) is 3.76. The highest BCUT2D eigenvalue weighted by molar-refractivity contribution is 4.99. The van der Waals surface area contributed by atoms with Crippen LogP contribution in [0.25, 0.3) is 0 Å². The van der Waals surface area contributed by atoms with Crippen LogP contribution in [0.3, 0.4) is 0 Å². The molecule has 0 fully saturated rings. The SMILES string of the molecule is CCCCCCCCOCC#CCOCCCCCCCC. The van der Waals surface area contributed by atoms with Gasteiger partial charge in [0.25, 0.3) is 0 Å². The van der Waals surface area contributed by atoms with E-state index in [4.69, 9.17) is 9.47 Å². The molecule has 0 N–H and O–H groups in total. The zero-order valence-electron chi connectivity index (χ0n) is 15.1. The topological polar surface area (TPSA) is 18.5 Å². The van der Waals surface area contributed by atoms with Gasteiger partial charge in [-0.2, -0.15) is 0 Å². The van der Waals surface area contributed by atoms with Crippen LogP contribution in [0.4, 0.5) is 0 Å². The molecule has 0 saturated carbocycles. The molecular weight excluding hydrogens is 272 g/mol. The van der Waals surface area contributed by atoms with Crippen molar-refractivity contribution in [3.05, 3.63) is 0 Å². The minimum atomic E-state index is 0.551. The van der Waals surface area contributed by atoms with Gasteiger partial charge in [-0.15, -0.1) is 0 Å². The van der Waals surface area contributed by atoms with E-state index >= 15 is 0 Å². The van der Waals surface area contributed by atoms with Crippen LogP contribution < -0.4 is 0 Å². The van der Waals surface area contributed by atoms with E-state index in [9.17, 15) is 0 Å². The number of ether oxygens (including phenoxy) is 2. The lowest BCUT2D eigenvalue weighted by Crippen LogP contribution is -1.97. The van der Waals surface area contributed by atoms with Crippen molar-refractivity contribution in [1.82, 2.24) is 0 Å². The maximum Gasteiger partial charge on any atom is 0.107 e. The van der Waals surface area contributed by atoms with Crippen LogP contribution in [0, 0.1) is 11.8 Å². The molecule has 0 saturated heterocycles. The van der Waals surface area contributed by atoms with Gasteiger partial charge in [0.2, 0.25) is 0 Å². The van der Waals surface area contributed by atoms with Gasteiger partial charge in [-0.3, -0.25) is 0 Å². The normalized spacial score (nSPS) is 10.5. The highest BCUT2D eigenvalue weighted by Crippen LogP contribution is 2.05. The summed E-state index contributed by atoms with van der Waals surface area (Å²) < 4.78 is 11.0. The van der Waals surface area contributed by atoms with E-state index in [1.807, 2.05) is 0 Å². The van der Waals surface area contributed by atoms with Crippen LogP contribution in [-0.4, -0.2) is 26.4 Å². The Morgan fingerprint density at radius 2 is 0.864 bits per heavy atom. The van der Waals surface area contributed by atoms with E-state index < -0.39 is 0 Å². The highest BCUT2D eigenvalue weighted by Gasteiger charge is 1.91. The smallest absolute Gasteiger partial charge is 0.107 e. The fourth-order valence-corrected chi connectivity index (χ4v) is 2.32. The summed E-state index contributed by atoms with van der Waals surface area (Å²) in [5.74, 6) is 6.04. The first-order valence-corrected chi connectivity index (χ1v) is 9.53. The van der Waals surface area contributed by atoms with Gasteiger partial charge in [0, 0.05) is 13.2 Å². The number of unbranched alkanes of at least 4 members (excludes halogenated alkanes) is 10. The zero-order chi connectivity index (χ0) is 16.1. The summed E-state index contributed by atoms with van der Waals surface area (Å²) in [6.45, 7) is 7.29. The summed E-state index contributed by atoms with van der Waals surface area (Å²) in [7, 11) is 0. The number of hydrogen-bond acceptors (Lipinski definition) is 2. The molecule has 2 heteroatoms. The Balaban J connectivity index is 3.07. The molecule has 0 unspecified atom stereocenters. The van der Waals surface area contributed by atoms with Crippen LogP contribution in [-0.2, 0) is 9.47 Å². The van der Waals surface area contributed by atoms with Crippen LogP contribution in [0.1, 0.15) is 90.9 Å². The van der Waals surface area contributed by atoms with Crippen LogP contribution >= 0.6 is 0 Å². The van der Waals surface area contributed by atoms with Crippen molar-refractivity contribution < 1.29 is 9.47 Å². The molecule has 0 aliphatic carbocycles. The van der Waals surface area contributed by atoms with E-state index in [1.165, 1.54) is 77.0 Å². The largest absolute Gasteiger partial charge is 0.369 e. The molecule has 0 rings (SSSR count). The molecule has 0 aliphatic rings. The molecule has 0 atom stereocenters. The Morgan fingerprint density at radius 3 is 1.27 bits per heavy atom. The van der Waals surface area contributed by atoms with Crippen molar-refractivity contribution in [2.24, 2.45) is 0 Å². The van der Waals surface area contributed by atoms with Gasteiger partial charge in [0.05, 0.1) is 0 Å². The van der Waals surface area contributed by atoms with Crippen LogP contribution in [0.5, 0.6) is 0 Å². The Morgan fingerprint density at radius 1 is 0.500 bits per heavy atom. The minimum Gasteiger partial charge on any atom is -0.369 e. The highest BCUT2D eigenvalue weighted by atomic mass is 16.5. The maximum absolute atomic E-state index is 5.49. The van der Waals surface area contributed by atoms with Crippen molar-refractivity contribution in [1.29, 1.82) is 0 Å². The molecule has 0 bridgehead atoms. The lowest BCUT2D eigenvalue weighted by atomic mass is 10.1. The second-order valence-corrected chi connectivity index (χ2v) is 5.99. The predicted octanol–water partition coefficient (Wildman–Crippen LogP) is 5.74. The van der Waals surface area contributed by atoms with Gasteiger partial charge in [-0.1, -0.05) is 89.9 Å². The molecule has 0 aromatic carbocycles. The third-order valence-electron chi connectivity index (χ3n) is 3.76. The van der Waals surface area contributed by atoms with E-state index in [0.717, 1.165) is 13.2 Å². The summed E-state index contributed by atoms with van der Waals surface area (Å²) in [6, 6.07) is 0. The third kappa shape index (κ3) is 19.5. The molecule has 0 radical (unpaired) electrons. The lowest BCUT2D eigenvalue weighted by Gasteiger charge is -2.01. The van der Waals surface area contributed by atoms with Gasteiger partial charge in [0.15, 0.2) is 0 Å². The van der Waals surface area contributed by atoms with E-state index in [-0.39, 0.29) is 0 Å². The molecule has 130 valence electrons. The molecule has 2 nitrogen and oxygen atoms in total. The Labute approximate surface area is 139 Å². The Kier molecular flexibility index (Phi) is 20.0. The van der Waals surface area contributed by atoms with Crippen molar-refractivity contribution in [2.45, 2.75) is 90.9 Å². The van der Waals surface area contributed by atoms with E-state index in [1.54, 1.807) is 0 Å². The van der Waals surface area contributed by atoms with Crippen LogP contribution in [0.2, 0.25) is 0 Å². The monoisotopic (exact) mass is 310 g/mol. The molecule has 22 heavy (non-hydrogen) atoms. The van der Waals surface area contributed by atoms with Gasteiger partial charge < -0.3 is 9.47 Å². The van der Waals surface area contributed by atoms with Crippen molar-refractivity contribution in [2.75, 3.05) is 26.4 Å². The van der Waals surface area contributed by atoms with Gasteiger partial charge in [-0.05, 0) is 12.8 Å². The van der Waals surface area contributed by atoms with Gasteiger partial charge in [-0.25, -0.2) is 0 Å². The molecule has 0 aromatic rings. The Hall–Kier alpha value is -0.520. The fourth-order valence-electron chi connectivity index (χ4n) is 2.32. The average Bonchev–Trinajstić information content (AvgIpc) is 2.54. The summed E-state index contributed by atoms with van der Waals surface area (Å²) in [5, 5.41) is 0. The summed E-state index contributed by atoms with van der Waals surface area (Å²) in [5.41, 5.74) is 0. The predicted molar refractivity (Wildman–Crippen MR) is 96.2 cm³/mol. The fraction of sp³-hybridized carbons (Fsp3) is 0.900. The lowest BCUT2D eigenvalue weighted by molar-refractivity contribution is 0.156. The molecule has 0 aliphatic heterocycles. The number of hydrogen-bond donors (Lipinski definition) is 0. The first-order valence-electron chi connectivity index (χ1n) is 9.53. The van der Waals surface area contributed by atoms with E-state index in [0.29, 0.717) is 13.2 Å². The van der Waals surface area contributed by atoms with Gasteiger partial charge in [0.1, 0.15) is 13.2 Å². The second-order valence-electron chi connectivity index (χ2n) is 5.99. The summed E-state index contributed by atoms with van der Waals surface area (Å²) >= 11 is 0. The summed E-state index contributed by atoms with van der Waals surface area (Å²) in [6.07, 6.45) is 15.7. The standard InChI is InChI=1S/C20H38O2/c1-3-5-7-9-11-13-17-21-19-15-16-20-22-18-14-12-10-8-6-4-2/h3-14,17-20H2,1-2H3. The zero-order valence-corrected chi connectivity index (χ0v) is 15.1. The molecule has 0 spiro atoms. The van der Waals surface area contributed by atoms with Crippen molar-refractivity contribution in [3.8, 4) is 11.8 Å². The molecule has 0 aromatic heterocycles. The molecular formula is C20H38O2. The first kappa shape index (κ1) is 21.5. The minimum absolute atomic E-state index is 0.551. The van der Waals surface area contributed by atoms with Crippen LogP contribution in [0.15, 0.2) is 0 Å². The molecule has 0 heterocycles. The second kappa shape index (κ2) is 20.5. The Bertz CT molecular complexity index is 228. The van der Waals surface area contributed by atoms with E-state index in [2.05, 4.69) is 25.7 Å². The number of rotatable bonds is 16. The van der Waals surface area contributed by atoms with Crippen molar-refractivity contribution in [3.63, 3.8) is 0 Å². The average molecular weight is 311 g/mol. The van der Waals surface area contributed by atoms with Gasteiger partial charge >= 0.3 is 0 Å². The van der Waals surface area contributed by atoms with Crippen molar-refractivity contribution >= 4 is 0 Å². The molecule has 0 amide bonds. The summed E-state index contributed by atoms with van der Waals surface area (Å²) in [4.78, 5) is 0. The maximum atomic E-state index is 5.49. The first-order chi connectivity index (χ1) is 10.9. The quantitative estimate of drug-likeness (QED) is 0.267.